The van der Waals surface area contributed by atoms with E-state index >= 15 is 0 Å². The van der Waals surface area contributed by atoms with Crippen molar-refractivity contribution in [1.82, 2.24) is 4.90 Å². The normalized spacial score (nSPS) is 24.1. The fourth-order valence-corrected chi connectivity index (χ4v) is 4.96. The molecule has 2 heterocycles. The average Bonchev–Trinajstić information content (AvgIpc) is 2.99. The van der Waals surface area contributed by atoms with Crippen LogP contribution >= 0.6 is 12.2 Å². The summed E-state index contributed by atoms with van der Waals surface area (Å²) in [5.74, 6) is 0.782. The van der Waals surface area contributed by atoms with Crippen molar-refractivity contribution in [3.8, 4) is 5.75 Å². The van der Waals surface area contributed by atoms with Gasteiger partial charge < -0.3 is 9.64 Å². The fourth-order valence-electron chi connectivity index (χ4n) is 2.81. The Bertz CT molecular complexity index is 715. The molecule has 2 saturated heterocycles. The van der Waals surface area contributed by atoms with Crippen molar-refractivity contribution in [1.29, 1.82) is 0 Å². The molecule has 2 aliphatic heterocycles. The van der Waals surface area contributed by atoms with Gasteiger partial charge in [-0.3, -0.25) is 9.69 Å². The van der Waals surface area contributed by atoms with Crippen LogP contribution in [0.2, 0.25) is 0 Å². The summed E-state index contributed by atoms with van der Waals surface area (Å²) in [4.78, 5) is 15.5. The van der Waals surface area contributed by atoms with E-state index in [1.807, 2.05) is 0 Å². The second-order valence-corrected chi connectivity index (χ2v) is 7.99. The Kier molecular flexibility index (Phi) is 3.82. The van der Waals surface area contributed by atoms with Crippen molar-refractivity contribution in [2.45, 2.75) is 12.5 Å². The number of nitrogens with zero attached hydrogens (tertiary/aromatic N) is 2. The maximum atomic E-state index is 12.3. The smallest absolute Gasteiger partial charge is 0.252 e. The minimum atomic E-state index is -3.01. The van der Waals surface area contributed by atoms with E-state index in [0.29, 0.717) is 23.0 Å². The third kappa shape index (κ3) is 2.68. The van der Waals surface area contributed by atoms with E-state index < -0.39 is 9.84 Å². The first-order valence-corrected chi connectivity index (χ1v) is 9.12. The van der Waals surface area contributed by atoms with Gasteiger partial charge in [-0.2, -0.15) is 0 Å². The van der Waals surface area contributed by atoms with Gasteiger partial charge in [0.2, 0.25) is 0 Å². The molecule has 0 radical (unpaired) electrons. The Morgan fingerprint density at radius 2 is 1.95 bits per heavy atom. The number of methoxy groups -OCH3 is 1. The summed E-state index contributed by atoms with van der Waals surface area (Å²) in [5.41, 5.74) is 0.666. The molecule has 1 amide bonds. The molecule has 2 fully saturated rings. The van der Waals surface area contributed by atoms with E-state index in [0.717, 1.165) is 0 Å². The Labute approximate surface area is 134 Å². The van der Waals surface area contributed by atoms with E-state index in [1.165, 1.54) is 4.90 Å². The SMILES string of the molecule is COc1ccc(N2C(=O)CN([C@@H]3CCS(=O)(=O)C3)C2=S)cc1. The molecule has 1 atom stereocenters. The number of hydrogen-bond donors (Lipinski definition) is 0. The van der Waals surface area contributed by atoms with Crippen LogP contribution in [-0.4, -0.2) is 55.5 Å². The molecule has 0 aromatic heterocycles. The van der Waals surface area contributed by atoms with Gasteiger partial charge in [0.25, 0.3) is 5.91 Å². The number of sulfone groups is 1. The first-order valence-electron chi connectivity index (χ1n) is 6.89. The molecule has 0 bridgehead atoms. The van der Waals surface area contributed by atoms with Crippen molar-refractivity contribution in [2.24, 2.45) is 0 Å². The molecule has 3 rings (SSSR count). The van der Waals surface area contributed by atoms with Gasteiger partial charge in [0.1, 0.15) is 12.3 Å². The van der Waals surface area contributed by atoms with Crippen LogP contribution < -0.4 is 9.64 Å². The van der Waals surface area contributed by atoms with E-state index in [1.54, 1.807) is 36.3 Å². The number of anilines is 1. The molecular formula is C14H16N2O4S2. The van der Waals surface area contributed by atoms with Gasteiger partial charge in [-0.1, -0.05) is 0 Å². The first-order chi connectivity index (χ1) is 10.4. The van der Waals surface area contributed by atoms with E-state index in [9.17, 15) is 13.2 Å². The van der Waals surface area contributed by atoms with Gasteiger partial charge in [0.15, 0.2) is 14.9 Å². The molecular weight excluding hydrogens is 324 g/mol. The largest absolute Gasteiger partial charge is 0.497 e. The van der Waals surface area contributed by atoms with Crippen LogP contribution in [-0.2, 0) is 14.6 Å². The van der Waals surface area contributed by atoms with Gasteiger partial charge in [-0.05, 0) is 42.9 Å². The van der Waals surface area contributed by atoms with Crippen LogP contribution in [0.3, 0.4) is 0 Å². The number of carbonyl (C=O) groups excluding carboxylic acids is 1. The molecule has 118 valence electrons. The van der Waals surface area contributed by atoms with Crippen molar-refractivity contribution in [3.05, 3.63) is 24.3 Å². The molecule has 8 heteroatoms. The summed E-state index contributed by atoms with van der Waals surface area (Å²) >= 11 is 5.40. The number of benzene rings is 1. The lowest BCUT2D eigenvalue weighted by Gasteiger charge is -2.25. The molecule has 22 heavy (non-hydrogen) atoms. The molecule has 0 aliphatic carbocycles. The van der Waals surface area contributed by atoms with Gasteiger partial charge in [-0.25, -0.2) is 8.42 Å². The molecule has 0 spiro atoms. The van der Waals surface area contributed by atoms with Gasteiger partial charge >= 0.3 is 0 Å². The summed E-state index contributed by atoms with van der Waals surface area (Å²) in [6.07, 6.45) is 0.520. The van der Waals surface area contributed by atoms with Gasteiger partial charge in [-0.15, -0.1) is 0 Å². The zero-order chi connectivity index (χ0) is 15.9. The Morgan fingerprint density at radius 3 is 2.50 bits per heavy atom. The Hall–Kier alpha value is -1.67. The maximum absolute atomic E-state index is 12.3. The molecule has 0 unspecified atom stereocenters. The second-order valence-electron chi connectivity index (χ2n) is 5.39. The van der Waals surface area contributed by atoms with Crippen LogP contribution in [0.4, 0.5) is 5.69 Å². The van der Waals surface area contributed by atoms with Crippen LogP contribution in [0.15, 0.2) is 24.3 Å². The summed E-state index contributed by atoms with van der Waals surface area (Å²) < 4.78 is 28.3. The predicted octanol–water partition coefficient (Wildman–Crippen LogP) is 0.816. The molecule has 0 saturated carbocycles. The lowest BCUT2D eigenvalue weighted by molar-refractivity contribution is -0.116. The maximum Gasteiger partial charge on any atom is 0.252 e. The number of carbonyl (C=O) groups is 1. The average molecular weight is 340 g/mol. The standard InChI is InChI=1S/C14H16N2O4S2/c1-20-12-4-2-10(3-5-12)16-13(17)8-15(14(16)21)11-6-7-22(18,19)9-11/h2-5,11H,6-9H2,1H3/t11-/m1/s1. The highest BCUT2D eigenvalue weighted by Gasteiger charge is 2.41. The van der Waals surface area contributed by atoms with E-state index in [4.69, 9.17) is 17.0 Å². The van der Waals surface area contributed by atoms with Crippen molar-refractivity contribution >= 4 is 38.8 Å². The fraction of sp³-hybridized carbons (Fsp3) is 0.429. The molecule has 6 nitrogen and oxygen atoms in total. The highest BCUT2D eigenvalue weighted by Crippen LogP contribution is 2.28. The third-order valence-corrected chi connectivity index (χ3v) is 6.14. The number of hydrogen-bond acceptors (Lipinski definition) is 5. The molecule has 0 N–H and O–H groups in total. The minimum absolute atomic E-state index is 0.0663. The number of amides is 1. The molecule has 2 aliphatic rings. The second kappa shape index (κ2) is 5.51. The summed E-state index contributed by atoms with van der Waals surface area (Å²) in [5, 5.41) is 0.372. The van der Waals surface area contributed by atoms with Crippen LogP contribution in [0.5, 0.6) is 5.75 Å². The lowest BCUT2D eigenvalue weighted by Crippen LogP contribution is -2.39. The van der Waals surface area contributed by atoms with Gasteiger partial charge in [0, 0.05) is 6.04 Å². The summed E-state index contributed by atoms with van der Waals surface area (Å²) in [7, 11) is -1.44. The molecule has 1 aromatic carbocycles. The third-order valence-electron chi connectivity index (χ3n) is 3.97. The zero-order valence-electron chi connectivity index (χ0n) is 12.1. The predicted molar refractivity (Wildman–Crippen MR) is 86.8 cm³/mol. The van der Waals surface area contributed by atoms with Crippen LogP contribution in [0.1, 0.15) is 6.42 Å². The van der Waals surface area contributed by atoms with Crippen LogP contribution in [0, 0.1) is 0 Å². The summed E-state index contributed by atoms with van der Waals surface area (Å²) in [6.45, 7) is 0.130. The summed E-state index contributed by atoms with van der Waals surface area (Å²) in [6, 6.07) is 6.84. The Morgan fingerprint density at radius 1 is 1.27 bits per heavy atom. The van der Waals surface area contributed by atoms with E-state index in [2.05, 4.69) is 0 Å². The van der Waals surface area contributed by atoms with E-state index in [-0.39, 0.29) is 30.0 Å². The highest BCUT2D eigenvalue weighted by molar-refractivity contribution is 7.91. The van der Waals surface area contributed by atoms with Crippen LogP contribution in [0.25, 0.3) is 0 Å². The highest BCUT2D eigenvalue weighted by atomic mass is 32.2. The number of thiocarbonyl (C=S) groups is 1. The Balaban J connectivity index is 1.82. The number of ether oxygens (including phenoxy) is 1. The van der Waals surface area contributed by atoms with Crippen molar-refractivity contribution in [2.75, 3.05) is 30.1 Å². The zero-order valence-corrected chi connectivity index (χ0v) is 13.7. The minimum Gasteiger partial charge on any atom is -0.497 e. The lowest BCUT2D eigenvalue weighted by atomic mass is 10.2. The van der Waals surface area contributed by atoms with Crippen molar-refractivity contribution < 1.29 is 17.9 Å². The van der Waals surface area contributed by atoms with Gasteiger partial charge in [0.05, 0.1) is 24.3 Å². The quantitative estimate of drug-likeness (QED) is 0.759. The monoisotopic (exact) mass is 340 g/mol. The topological polar surface area (TPSA) is 66.9 Å². The molecule has 1 aromatic rings. The van der Waals surface area contributed by atoms with Crippen molar-refractivity contribution in [3.63, 3.8) is 0 Å². The number of rotatable bonds is 3. The first kappa shape index (κ1) is 15.2.